The zero-order valence-electron chi connectivity index (χ0n) is 11.5. The number of likely N-dealkylation sites (tertiary alicyclic amines) is 1. The lowest BCUT2D eigenvalue weighted by Crippen LogP contribution is -2.35. The van der Waals surface area contributed by atoms with Crippen LogP contribution in [0.4, 0.5) is 4.39 Å². The Morgan fingerprint density at radius 3 is 2.95 bits per heavy atom. The third kappa shape index (κ3) is 3.13. The number of hydrogen-bond acceptors (Lipinski definition) is 2. The maximum atomic E-state index is 13.4. The second-order valence-electron chi connectivity index (χ2n) is 5.53. The van der Waals surface area contributed by atoms with Crippen LogP contribution in [-0.2, 0) is 4.79 Å². The zero-order chi connectivity index (χ0) is 14.0. The van der Waals surface area contributed by atoms with Crippen molar-refractivity contribution in [3.8, 4) is 0 Å². The molecule has 1 heterocycles. The molecule has 0 bridgehead atoms. The Morgan fingerprint density at radius 1 is 1.58 bits per heavy atom. The molecule has 4 heteroatoms. The van der Waals surface area contributed by atoms with Crippen molar-refractivity contribution in [2.45, 2.75) is 38.8 Å². The number of carbonyl (C=O) groups excluding carboxylic acids is 1. The van der Waals surface area contributed by atoms with Gasteiger partial charge in [0.25, 0.3) is 0 Å². The van der Waals surface area contributed by atoms with Gasteiger partial charge in [-0.05, 0) is 37.0 Å². The number of hydrogen-bond donors (Lipinski definition) is 1. The van der Waals surface area contributed by atoms with Gasteiger partial charge in [-0.3, -0.25) is 4.79 Å². The third-order valence-corrected chi connectivity index (χ3v) is 3.71. The minimum atomic E-state index is -0.254. The molecule has 1 fully saturated rings. The third-order valence-electron chi connectivity index (χ3n) is 3.71. The molecule has 2 rings (SSSR count). The fourth-order valence-electron chi connectivity index (χ4n) is 2.82. The Balaban J connectivity index is 2.22. The standard InChI is InChI=1S/C15H21FN2O/c1-10-6-7-18(14(19)8-11(2)17)15(10)12-4-3-5-13(16)9-12/h3-5,9-11,15H,6-8,17H2,1-2H3. The van der Waals surface area contributed by atoms with E-state index < -0.39 is 0 Å². The van der Waals surface area contributed by atoms with Crippen molar-refractivity contribution in [1.29, 1.82) is 0 Å². The molecule has 3 nitrogen and oxygen atoms in total. The van der Waals surface area contributed by atoms with E-state index in [4.69, 9.17) is 5.73 Å². The first-order chi connectivity index (χ1) is 8.99. The summed E-state index contributed by atoms with van der Waals surface area (Å²) in [5.74, 6) is 0.156. The van der Waals surface area contributed by atoms with Crippen molar-refractivity contribution in [2.75, 3.05) is 6.54 Å². The van der Waals surface area contributed by atoms with E-state index in [1.807, 2.05) is 17.9 Å². The molecule has 1 aromatic rings. The Hall–Kier alpha value is -1.42. The molecule has 3 atom stereocenters. The normalized spacial score (nSPS) is 24.5. The van der Waals surface area contributed by atoms with Crippen LogP contribution in [0, 0.1) is 11.7 Å². The molecular weight excluding hydrogens is 243 g/mol. The number of nitrogens with zero attached hydrogens (tertiary/aromatic N) is 1. The summed E-state index contributed by atoms with van der Waals surface area (Å²) in [6.07, 6.45) is 1.30. The topological polar surface area (TPSA) is 46.3 Å². The SMILES string of the molecule is CC(N)CC(=O)N1CCC(C)C1c1cccc(F)c1. The summed E-state index contributed by atoms with van der Waals surface area (Å²) in [5.41, 5.74) is 6.57. The Labute approximate surface area is 113 Å². The molecule has 2 N–H and O–H groups in total. The van der Waals surface area contributed by atoms with Crippen molar-refractivity contribution in [1.82, 2.24) is 4.90 Å². The molecular formula is C15H21FN2O. The molecule has 1 amide bonds. The summed E-state index contributed by atoms with van der Waals surface area (Å²) in [5, 5.41) is 0. The van der Waals surface area contributed by atoms with Crippen LogP contribution in [0.2, 0.25) is 0 Å². The van der Waals surface area contributed by atoms with Gasteiger partial charge in [0.15, 0.2) is 0 Å². The van der Waals surface area contributed by atoms with Crippen LogP contribution in [0.1, 0.15) is 38.3 Å². The van der Waals surface area contributed by atoms with Crippen molar-refractivity contribution < 1.29 is 9.18 Å². The van der Waals surface area contributed by atoms with Crippen LogP contribution in [0.5, 0.6) is 0 Å². The highest BCUT2D eigenvalue weighted by molar-refractivity contribution is 5.77. The Kier molecular flexibility index (Phi) is 4.20. The summed E-state index contributed by atoms with van der Waals surface area (Å²) in [6, 6.07) is 6.38. The molecule has 0 saturated carbocycles. The van der Waals surface area contributed by atoms with Gasteiger partial charge in [0.2, 0.25) is 5.91 Å². The van der Waals surface area contributed by atoms with E-state index in [-0.39, 0.29) is 23.8 Å². The highest BCUT2D eigenvalue weighted by Gasteiger charge is 2.35. The highest BCUT2D eigenvalue weighted by atomic mass is 19.1. The van der Waals surface area contributed by atoms with Crippen LogP contribution in [0.15, 0.2) is 24.3 Å². The van der Waals surface area contributed by atoms with Crippen molar-refractivity contribution in [2.24, 2.45) is 11.7 Å². The van der Waals surface area contributed by atoms with Gasteiger partial charge in [-0.15, -0.1) is 0 Å². The Morgan fingerprint density at radius 2 is 2.32 bits per heavy atom. The lowest BCUT2D eigenvalue weighted by Gasteiger charge is -2.28. The first-order valence-corrected chi connectivity index (χ1v) is 6.79. The monoisotopic (exact) mass is 264 g/mol. The summed E-state index contributed by atoms with van der Waals surface area (Å²) in [6.45, 7) is 4.66. The number of rotatable bonds is 3. The summed E-state index contributed by atoms with van der Waals surface area (Å²) >= 11 is 0. The van der Waals surface area contributed by atoms with E-state index in [0.29, 0.717) is 12.3 Å². The number of halogens is 1. The second-order valence-corrected chi connectivity index (χ2v) is 5.53. The molecule has 1 aliphatic rings. The summed E-state index contributed by atoms with van der Waals surface area (Å²) in [7, 11) is 0. The predicted octanol–water partition coefficient (Wildman–Crippen LogP) is 2.47. The first-order valence-electron chi connectivity index (χ1n) is 6.79. The van der Waals surface area contributed by atoms with Gasteiger partial charge in [-0.1, -0.05) is 19.1 Å². The van der Waals surface area contributed by atoms with E-state index in [9.17, 15) is 9.18 Å². The maximum absolute atomic E-state index is 13.4. The van der Waals surface area contributed by atoms with E-state index >= 15 is 0 Å². The van der Waals surface area contributed by atoms with Crippen LogP contribution in [0.25, 0.3) is 0 Å². The largest absolute Gasteiger partial charge is 0.335 e. The fourth-order valence-corrected chi connectivity index (χ4v) is 2.82. The number of carbonyl (C=O) groups is 1. The lowest BCUT2D eigenvalue weighted by molar-refractivity contribution is -0.132. The molecule has 1 aromatic carbocycles. The van der Waals surface area contributed by atoms with Gasteiger partial charge in [-0.25, -0.2) is 4.39 Å². The molecule has 0 aliphatic carbocycles. The molecule has 1 saturated heterocycles. The minimum Gasteiger partial charge on any atom is -0.335 e. The molecule has 3 unspecified atom stereocenters. The smallest absolute Gasteiger partial charge is 0.224 e. The van der Waals surface area contributed by atoms with E-state index in [2.05, 4.69) is 6.92 Å². The van der Waals surface area contributed by atoms with Gasteiger partial charge in [-0.2, -0.15) is 0 Å². The van der Waals surface area contributed by atoms with Crippen molar-refractivity contribution >= 4 is 5.91 Å². The molecule has 1 aliphatic heterocycles. The van der Waals surface area contributed by atoms with Crippen LogP contribution in [-0.4, -0.2) is 23.4 Å². The maximum Gasteiger partial charge on any atom is 0.224 e. The fraction of sp³-hybridized carbons (Fsp3) is 0.533. The highest BCUT2D eigenvalue weighted by Crippen LogP contribution is 2.37. The van der Waals surface area contributed by atoms with Crippen LogP contribution >= 0.6 is 0 Å². The van der Waals surface area contributed by atoms with E-state index in [1.54, 1.807) is 6.07 Å². The van der Waals surface area contributed by atoms with Crippen LogP contribution < -0.4 is 5.73 Å². The average molecular weight is 264 g/mol. The molecule has 0 radical (unpaired) electrons. The average Bonchev–Trinajstić information content (AvgIpc) is 2.70. The number of amides is 1. The van der Waals surface area contributed by atoms with Gasteiger partial charge >= 0.3 is 0 Å². The van der Waals surface area contributed by atoms with E-state index in [0.717, 1.165) is 18.5 Å². The molecule has 0 spiro atoms. The first kappa shape index (κ1) is 14.0. The van der Waals surface area contributed by atoms with Gasteiger partial charge in [0, 0.05) is 19.0 Å². The van der Waals surface area contributed by atoms with Crippen molar-refractivity contribution in [3.05, 3.63) is 35.6 Å². The lowest BCUT2D eigenvalue weighted by atomic mass is 9.95. The van der Waals surface area contributed by atoms with Gasteiger partial charge in [0.05, 0.1) is 6.04 Å². The predicted molar refractivity (Wildman–Crippen MR) is 72.9 cm³/mol. The molecule has 104 valence electrons. The summed E-state index contributed by atoms with van der Waals surface area (Å²) < 4.78 is 13.4. The molecule has 19 heavy (non-hydrogen) atoms. The van der Waals surface area contributed by atoms with Gasteiger partial charge in [0.1, 0.15) is 5.82 Å². The van der Waals surface area contributed by atoms with Crippen LogP contribution in [0.3, 0.4) is 0 Å². The van der Waals surface area contributed by atoms with Gasteiger partial charge < -0.3 is 10.6 Å². The molecule has 0 aromatic heterocycles. The number of benzene rings is 1. The minimum absolute atomic E-state index is 0.0260. The quantitative estimate of drug-likeness (QED) is 0.911. The number of nitrogens with two attached hydrogens (primary N) is 1. The second kappa shape index (κ2) is 5.70. The summed E-state index contributed by atoms with van der Waals surface area (Å²) in [4.78, 5) is 14.1. The van der Waals surface area contributed by atoms with Crippen molar-refractivity contribution in [3.63, 3.8) is 0 Å². The van der Waals surface area contributed by atoms with E-state index in [1.165, 1.54) is 12.1 Å². The Bertz CT molecular complexity index is 461. The zero-order valence-corrected chi connectivity index (χ0v) is 11.5.